The largest absolute Gasteiger partial charge is 0.494 e. The fourth-order valence-electron chi connectivity index (χ4n) is 2.70. The molecule has 1 aliphatic heterocycles. The predicted molar refractivity (Wildman–Crippen MR) is 84.0 cm³/mol. The summed E-state index contributed by atoms with van der Waals surface area (Å²) in [6, 6.07) is 13.0. The Bertz CT molecular complexity index is 763. The number of halogens is 1. The first kappa shape index (κ1) is 16.0. The van der Waals surface area contributed by atoms with Crippen LogP contribution in [0.15, 0.2) is 48.5 Å². The van der Waals surface area contributed by atoms with Gasteiger partial charge in [0.2, 0.25) is 5.91 Å². The lowest BCUT2D eigenvalue weighted by atomic mass is 10.1. The summed E-state index contributed by atoms with van der Waals surface area (Å²) >= 11 is 0. The summed E-state index contributed by atoms with van der Waals surface area (Å²) in [4.78, 5) is 25.6. The van der Waals surface area contributed by atoms with Crippen molar-refractivity contribution in [2.24, 2.45) is 0 Å². The number of hydrogen-bond donors (Lipinski definition) is 0. The molecule has 0 aromatic heterocycles. The molecule has 6 heteroatoms. The number of imide groups is 1. The normalized spacial score (nSPS) is 16.8. The maximum absolute atomic E-state index is 13.8. The number of cyclic esters (lactones) is 1. The molecule has 1 atom stereocenters. The first-order chi connectivity index (χ1) is 11.6. The number of amides is 2. The molecule has 2 amide bonds. The quantitative estimate of drug-likeness (QED) is 0.865. The van der Waals surface area contributed by atoms with Crippen molar-refractivity contribution in [1.82, 2.24) is 4.90 Å². The van der Waals surface area contributed by atoms with Gasteiger partial charge in [-0.2, -0.15) is 0 Å². The minimum absolute atomic E-state index is 0.0979. The molecule has 0 spiro atoms. The van der Waals surface area contributed by atoms with Gasteiger partial charge in [0, 0.05) is 0 Å². The van der Waals surface area contributed by atoms with Gasteiger partial charge in [-0.25, -0.2) is 14.1 Å². The lowest BCUT2D eigenvalue weighted by Crippen LogP contribution is -2.35. The van der Waals surface area contributed by atoms with E-state index in [0.717, 1.165) is 10.5 Å². The number of hydrogen-bond acceptors (Lipinski definition) is 4. The molecule has 1 aliphatic rings. The molecule has 24 heavy (non-hydrogen) atoms. The molecule has 1 saturated heterocycles. The highest BCUT2D eigenvalue weighted by atomic mass is 19.1. The Morgan fingerprint density at radius 3 is 2.71 bits per heavy atom. The van der Waals surface area contributed by atoms with Gasteiger partial charge < -0.3 is 9.47 Å². The summed E-state index contributed by atoms with van der Waals surface area (Å²) in [5, 5.41) is 0. The Hall–Kier alpha value is -2.89. The van der Waals surface area contributed by atoms with E-state index in [2.05, 4.69) is 0 Å². The van der Waals surface area contributed by atoms with Gasteiger partial charge in [0.25, 0.3) is 0 Å². The molecule has 0 bridgehead atoms. The first-order valence-corrected chi connectivity index (χ1v) is 7.46. The van der Waals surface area contributed by atoms with Crippen LogP contribution in [0.2, 0.25) is 0 Å². The molecule has 1 heterocycles. The van der Waals surface area contributed by atoms with Crippen LogP contribution in [-0.4, -0.2) is 30.6 Å². The van der Waals surface area contributed by atoms with Crippen molar-refractivity contribution in [3.8, 4) is 5.75 Å². The Morgan fingerprint density at radius 1 is 1.29 bits per heavy atom. The average Bonchev–Trinajstić information content (AvgIpc) is 2.97. The second kappa shape index (κ2) is 6.70. The van der Waals surface area contributed by atoms with Gasteiger partial charge in [0.15, 0.2) is 11.6 Å². The van der Waals surface area contributed by atoms with E-state index in [0.29, 0.717) is 5.56 Å². The summed E-state index contributed by atoms with van der Waals surface area (Å²) in [5.74, 6) is -0.878. The van der Waals surface area contributed by atoms with Crippen molar-refractivity contribution in [1.29, 1.82) is 0 Å². The summed E-state index contributed by atoms with van der Waals surface area (Å²) in [7, 11) is 1.37. The number of carbonyl (C=O) groups excluding carboxylic acids is 2. The second-order valence-corrected chi connectivity index (χ2v) is 5.41. The Balaban J connectivity index is 1.80. The summed E-state index contributed by atoms with van der Waals surface area (Å²) in [6.45, 7) is 0.117. The van der Waals surface area contributed by atoms with Gasteiger partial charge in [-0.1, -0.05) is 36.4 Å². The number of rotatable bonds is 4. The van der Waals surface area contributed by atoms with Gasteiger partial charge in [-0.3, -0.25) is 4.79 Å². The average molecular weight is 329 g/mol. The summed E-state index contributed by atoms with van der Waals surface area (Å²) in [6.07, 6.45) is -0.776. The smallest absolute Gasteiger partial charge is 0.417 e. The van der Waals surface area contributed by atoms with Crippen molar-refractivity contribution in [3.05, 3.63) is 65.5 Å². The molecule has 0 radical (unpaired) electrons. The molecule has 2 aromatic carbocycles. The van der Waals surface area contributed by atoms with Crippen LogP contribution in [0, 0.1) is 5.82 Å². The van der Waals surface area contributed by atoms with E-state index in [-0.39, 0.29) is 18.8 Å². The van der Waals surface area contributed by atoms with Gasteiger partial charge in [-0.05, 0) is 23.3 Å². The fourth-order valence-corrected chi connectivity index (χ4v) is 2.70. The number of methoxy groups -OCH3 is 1. The maximum Gasteiger partial charge on any atom is 0.417 e. The number of benzene rings is 2. The van der Waals surface area contributed by atoms with Crippen LogP contribution >= 0.6 is 0 Å². The van der Waals surface area contributed by atoms with E-state index in [1.165, 1.54) is 19.2 Å². The van der Waals surface area contributed by atoms with Crippen LogP contribution in [-0.2, 0) is 16.0 Å². The maximum atomic E-state index is 13.8. The minimum Gasteiger partial charge on any atom is -0.494 e. The van der Waals surface area contributed by atoms with Gasteiger partial charge in [0.05, 0.1) is 13.5 Å². The molecule has 1 fully saturated rings. The highest BCUT2D eigenvalue weighted by Crippen LogP contribution is 2.28. The van der Waals surface area contributed by atoms with Crippen LogP contribution in [0.3, 0.4) is 0 Å². The number of nitrogens with zero attached hydrogens (tertiary/aromatic N) is 1. The van der Waals surface area contributed by atoms with Crippen molar-refractivity contribution >= 4 is 12.0 Å². The van der Waals surface area contributed by atoms with E-state index in [4.69, 9.17) is 9.47 Å². The fraction of sp³-hybridized carbons (Fsp3) is 0.222. The van der Waals surface area contributed by atoms with Gasteiger partial charge >= 0.3 is 6.09 Å². The van der Waals surface area contributed by atoms with Crippen molar-refractivity contribution in [3.63, 3.8) is 0 Å². The zero-order chi connectivity index (χ0) is 17.1. The van der Waals surface area contributed by atoms with Crippen LogP contribution < -0.4 is 4.74 Å². The molecule has 2 aromatic rings. The molecular weight excluding hydrogens is 313 g/mol. The van der Waals surface area contributed by atoms with E-state index < -0.39 is 23.9 Å². The lowest BCUT2D eigenvalue weighted by molar-refractivity contribution is -0.128. The summed E-state index contributed by atoms with van der Waals surface area (Å²) < 4.78 is 23.6. The molecule has 0 N–H and O–H groups in total. The zero-order valence-corrected chi connectivity index (χ0v) is 13.1. The SMILES string of the molecule is COc1ccc(CC(=O)N2C(=O)OCC2c2ccccc2)cc1F. The van der Waals surface area contributed by atoms with E-state index in [1.807, 2.05) is 30.3 Å². The highest BCUT2D eigenvalue weighted by molar-refractivity contribution is 5.94. The molecule has 5 nitrogen and oxygen atoms in total. The Kier molecular flexibility index (Phi) is 4.46. The zero-order valence-electron chi connectivity index (χ0n) is 13.1. The Labute approximate surface area is 138 Å². The predicted octanol–water partition coefficient (Wildman–Crippen LogP) is 3.10. The topological polar surface area (TPSA) is 55.8 Å². The number of carbonyl (C=O) groups is 2. The molecular formula is C18H16FNO4. The van der Waals surface area contributed by atoms with E-state index in [9.17, 15) is 14.0 Å². The minimum atomic E-state index is -0.678. The van der Waals surface area contributed by atoms with Crippen molar-refractivity contribution in [2.75, 3.05) is 13.7 Å². The number of ether oxygens (including phenoxy) is 2. The van der Waals surface area contributed by atoms with Crippen LogP contribution in [0.5, 0.6) is 5.75 Å². The molecule has 0 aliphatic carbocycles. The second-order valence-electron chi connectivity index (χ2n) is 5.41. The standard InChI is InChI=1S/C18H16FNO4/c1-23-16-8-7-12(9-14(16)19)10-17(21)20-15(11-24-18(20)22)13-5-3-2-4-6-13/h2-9,15H,10-11H2,1H3. The monoisotopic (exact) mass is 329 g/mol. The summed E-state index contributed by atoms with van der Waals surface area (Å²) in [5.41, 5.74) is 1.28. The van der Waals surface area contributed by atoms with E-state index >= 15 is 0 Å². The van der Waals surface area contributed by atoms with Crippen molar-refractivity contribution < 1.29 is 23.5 Å². The van der Waals surface area contributed by atoms with Gasteiger partial charge in [0.1, 0.15) is 12.6 Å². The van der Waals surface area contributed by atoms with Crippen molar-refractivity contribution in [2.45, 2.75) is 12.5 Å². The first-order valence-electron chi connectivity index (χ1n) is 7.46. The van der Waals surface area contributed by atoms with Gasteiger partial charge in [-0.15, -0.1) is 0 Å². The van der Waals surface area contributed by atoms with Crippen LogP contribution in [0.1, 0.15) is 17.2 Å². The van der Waals surface area contributed by atoms with Crippen LogP contribution in [0.4, 0.5) is 9.18 Å². The third-order valence-corrected chi connectivity index (χ3v) is 3.90. The third-order valence-electron chi connectivity index (χ3n) is 3.90. The third kappa shape index (κ3) is 3.08. The molecule has 1 unspecified atom stereocenters. The molecule has 3 rings (SSSR count). The Morgan fingerprint density at radius 2 is 2.04 bits per heavy atom. The van der Waals surface area contributed by atoms with Crippen LogP contribution in [0.25, 0.3) is 0 Å². The molecule has 124 valence electrons. The molecule has 0 saturated carbocycles. The highest BCUT2D eigenvalue weighted by Gasteiger charge is 2.38. The van der Waals surface area contributed by atoms with E-state index in [1.54, 1.807) is 6.07 Å². The lowest BCUT2D eigenvalue weighted by Gasteiger charge is -2.20.